The van der Waals surface area contributed by atoms with Crippen molar-refractivity contribution in [3.63, 3.8) is 0 Å². The number of piperazine rings is 1. The Kier molecular flexibility index (Phi) is 12.7. The zero-order chi connectivity index (χ0) is 45.4. The summed E-state index contributed by atoms with van der Waals surface area (Å²) in [6.07, 6.45) is 3.44. The Labute approximate surface area is 380 Å². The lowest BCUT2D eigenvalue weighted by atomic mass is 10.0. The molecule has 0 radical (unpaired) electrons. The average Bonchev–Trinajstić information content (AvgIpc) is 4.01. The van der Waals surface area contributed by atoms with Crippen molar-refractivity contribution in [3.05, 3.63) is 99.8 Å². The molecule has 3 N–H and O–H groups in total. The van der Waals surface area contributed by atoms with E-state index in [9.17, 15) is 43.1 Å². The number of amides is 7. The molecule has 3 aromatic carbocycles. The van der Waals surface area contributed by atoms with Gasteiger partial charge in [-0.15, -0.1) is 23.1 Å². The zero-order valence-electron chi connectivity index (χ0n) is 35.1. The number of aromatic hydroxyl groups is 1. The predicted octanol–water partition coefficient (Wildman–Crippen LogP) is 3.65. The molecule has 3 fully saturated rings. The van der Waals surface area contributed by atoms with Crippen molar-refractivity contribution in [2.24, 2.45) is 0 Å². The summed E-state index contributed by atoms with van der Waals surface area (Å²) in [6.45, 7) is 4.39. The summed E-state index contributed by atoms with van der Waals surface area (Å²) in [5.41, 5.74) is 2.48. The van der Waals surface area contributed by atoms with Crippen molar-refractivity contribution in [2.75, 3.05) is 68.5 Å². The number of hydrogen-bond donors (Lipinski definition) is 3. The van der Waals surface area contributed by atoms with Gasteiger partial charge in [-0.3, -0.25) is 54.0 Å². The number of nitrogens with zero attached hydrogens (tertiary/aromatic N) is 6. The first-order valence-corrected chi connectivity index (χ1v) is 23.3. The standard InChI is InChI=1S/C45H45FN8O9S2/c46-27-5-8-34(55)32(22-27)39(41(59)49-45-47-12-20-65-45)53-24-26-4-6-29(23-31(26)42(53)60)50-13-10-28(11-14-50)51-15-17-52(18-16-51)37(57)25-63-19-21-64-35-3-1-2-30-38(35)44(62)54(43(30)61)33-7-9-36(56)48-40(33)58/h1-6,8,12,20,22-23,28,33,39,55H,7,9-11,13-19,21,24-25H2,(H,47,49,59)(H,48,56,58). The maximum absolute atomic E-state index is 14.4. The highest BCUT2D eigenvalue weighted by Gasteiger charge is 2.46. The lowest BCUT2D eigenvalue weighted by Crippen LogP contribution is -2.54. The molecule has 1 aromatic heterocycles. The van der Waals surface area contributed by atoms with Gasteiger partial charge in [0.1, 0.15) is 30.3 Å². The van der Waals surface area contributed by atoms with Gasteiger partial charge >= 0.3 is 0 Å². The topological polar surface area (TPSA) is 202 Å². The smallest absolute Gasteiger partial charge is 0.263 e. The molecular weight excluding hydrogens is 880 g/mol. The summed E-state index contributed by atoms with van der Waals surface area (Å²) < 4.78 is 20.2. The number of thioether (sulfide) groups is 1. The maximum atomic E-state index is 14.4. The lowest BCUT2D eigenvalue weighted by Gasteiger charge is -2.43. The molecule has 4 aromatic rings. The van der Waals surface area contributed by atoms with Crippen LogP contribution >= 0.6 is 23.1 Å². The van der Waals surface area contributed by atoms with Crippen LogP contribution in [0.4, 0.5) is 15.2 Å². The lowest BCUT2D eigenvalue weighted by molar-refractivity contribution is -0.138. The molecule has 0 saturated carbocycles. The minimum atomic E-state index is -1.31. The third-order valence-corrected chi connectivity index (χ3v) is 14.3. The monoisotopic (exact) mass is 924 g/mol. The van der Waals surface area contributed by atoms with Crippen molar-refractivity contribution in [3.8, 4) is 5.75 Å². The Balaban J connectivity index is 0.726. The minimum absolute atomic E-state index is 0.0242. The van der Waals surface area contributed by atoms with Crippen LogP contribution in [0.25, 0.3) is 0 Å². The Morgan fingerprint density at radius 1 is 0.938 bits per heavy atom. The van der Waals surface area contributed by atoms with E-state index in [4.69, 9.17) is 4.74 Å². The van der Waals surface area contributed by atoms with Gasteiger partial charge in [-0.05, 0) is 67.3 Å². The van der Waals surface area contributed by atoms with E-state index in [2.05, 4.69) is 25.4 Å². The number of nitrogens with one attached hydrogen (secondary N) is 2. The molecule has 9 rings (SSSR count). The number of ether oxygens (including phenoxy) is 1. The number of benzene rings is 3. The molecule has 2 unspecified atom stereocenters. The second-order valence-electron chi connectivity index (χ2n) is 16.4. The molecule has 3 saturated heterocycles. The van der Waals surface area contributed by atoms with Crippen molar-refractivity contribution in [2.45, 2.75) is 55.2 Å². The van der Waals surface area contributed by atoms with Gasteiger partial charge in [-0.1, -0.05) is 12.1 Å². The summed E-state index contributed by atoms with van der Waals surface area (Å²) in [5.74, 6) is -3.88. The molecule has 7 amide bonds. The Morgan fingerprint density at radius 3 is 2.49 bits per heavy atom. The summed E-state index contributed by atoms with van der Waals surface area (Å²) >= 11 is 2.53. The number of carbonyl (C=O) groups is 7. The highest BCUT2D eigenvalue weighted by atomic mass is 32.2. The highest BCUT2D eigenvalue weighted by molar-refractivity contribution is 7.99. The van der Waals surface area contributed by atoms with Crippen molar-refractivity contribution in [1.29, 1.82) is 0 Å². The third kappa shape index (κ3) is 8.94. The van der Waals surface area contributed by atoms with Gasteiger partial charge in [-0.25, -0.2) is 9.37 Å². The van der Waals surface area contributed by atoms with Gasteiger partial charge in [0.15, 0.2) is 5.13 Å². The van der Waals surface area contributed by atoms with Gasteiger partial charge in [0.05, 0.1) is 17.7 Å². The van der Waals surface area contributed by atoms with E-state index in [-0.39, 0.29) is 60.9 Å². The second-order valence-corrected chi connectivity index (χ2v) is 18.4. The number of fused-ring (bicyclic) bond motifs is 2. The molecule has 338 valence electrons. The van der Waals surface area contributed by atoms with E-state index in [1.165, 1.54) is 40.3 Å². The molecule has 6 heterocycles. The quantitative estimate of drug-likeness (QED) is 0.0998. The van der Waals surface area contributed by atoms with Crippen LogP contribution in [0.1, 0.15) is 73.9 Å². The molecule has 2 atom stereocenters. The molecule has 5 aliphatic rings. The molecule has 0 bridgehead atoms. The maximum Gasteiger partial charge on any atom is 0.263 e. The van der Waals surface area contributed by atoms with Crippen molar-refractivity contribution in [1.82, 2.24) is 29.9 Å². The van der Waals surface area contributed by atoms with E-state index in [0.717, 1.165) is 67.3 Å². The molecular formula is C45H45FN8O9S2. The summed E-state index contributed by atoms with van der Waals surface area (Å²) in [4.78, 5) is 105. The summed E-state index contributed by atoms with van der Waals surface area (Å²) in [6, 6.07) is 12.0. The van der Waals surface area contributed by atoms with Gasteiger partial charge in [-0.2, -0.15) is 0 Å². The predicted molar refractivity (Wildman–Crippen MR) is 236 cm³/mol. The van der Waals surface area contributed by atoms with E-state index < -0.39 is 53.3 Å². The average molecular weight is 925 g/mol. The van der Waals surface area contributed by atoms with Crippen LogP contribution in [0.15, 0.2) is 71.1 Å². The number of phenolic OH excluding ortho intramolecular Hbond substituents is 1. The molecule has 20 heteroatoms. The number of rotatable bonds is 13. The third-order valence-electron chi connectivity index (χ3n) is 12.6. The second kappa shape index (κ2) is 18.7. The number of anilines is 2. The van der Waals surface area contributed by atoms with Gasteiger partial charge in [0, 0.05) is 97.3 Å². The van der Waals surface area contributed by atoms with Crippen LogP contribution in [-0.2, 0) is 30.5 Å². The highest BCUT2D eigenvalue weighted by Crippen LogP contribution is 2.39. The van der Waals surface area contributed by atoms with Crippen molar-refractivity contribution < 1.29 is 47.8 Å². The number of aromatic nitrogens is 1. The fourth-order valence-corrected chi connectivity index (χ4v) is 10.7. The molecule has 17 nitrogen and oxygen atoms in total. The first-order valence-electron chi connectivity index (χ1n) is 21.4. The van der Waals surface area contributed by atoms with Crippen LogP contribution in [0.3, 0.4) is 0 Å². The molecule has 0 aliphatic carbocycles. The Bertz CT molecular complexity index is 2560. The number of imide groups is 2. The van der Waals surface area contributed by atoms with Crippen LogP contribution in [0.2, 0.25) is 0 Å². The first-order chi connectivity index (χ1) is 31.4. The SMILES string of the molecule is O=C1CCC(N2C(=O)c3cccc(SCCOCC(=O)N4CCN(C5CCN(c6ccc7c(c6)C(=O)N(C(C(=O)Nc6nccs6)c6cc(F)ccc6O)C7)CC5)CC4)c3C2=O)C(=O)N1. The molecule has 65 heavy (non-hydrogen) atoms. The van der Waals surface area contributed by atoms with Gasteiger partial charge < -0.3 is 24.5 Å². The normalized spacial score (nSPS) is 19.7. The number of halogens is 1. The van der Waals surface area contributed by atoms with E-state index >= 15 is 0 Å². The first kappa shape index (κ1) is 44.0. The van der Waals surface area contributed by atoms with Crippen LogP contribution in [0.5, 0.6) is 5.75 Å². The van der Waals surface area contributed by atoms with Crippen LogP contribution in [-0.4, -0.2) is 141 Å². The van der Waals surface area contributed by atoms with Crippen LogP contribution in [0, 0.1) is 5.82 Å². The molecule has 0 spiro atoms. The summed E-state index contributed by atoms with van der Waals surface area (Å²) in [5, 5.41) is 17.6. The zero-order valence-corrected chi connectivity index (χ0v) is 36.7. The largest absolute Gasteiger partial charge is 0.508 e. The summed E-state index contributed by atoms with van der Waals surface area (Å²) in [7, 11) is 0. The Hall–Kier alpha value is -6.22. The van der Waals surface area contributed by atoms with Gasteiger partial charge in [0.2, 0.25) is 17.7 Å². The number of piperidine rings is 2. The van der Waals surface area contributed by atoms with E-state index in [1.54, 1.807) is 23.6 Å². The van der Waals surface area contributed by atoms with Gasteiger partial charge in [0.25, 0.3) is 23.6 Å². The van der Waals surface area contributed by atoms with Crippen molar-refractivity contribution >= 4 is 75.3 Å². The van der Waals surface area contributed by atoms with E-state index in [0.29, 0.717) is 40.5 Å². The number of phenols is 1. The fourth-order valence-electron chi connectivity index (χ4n) is 9.26. The number of carbonyl (C=O) groups excluding carboxylic acids is 7. The fraction of sp³-hybridized carbons (Fsp3) is 0.378. The Morgan fingerprint density at radius 2 is 1.74 bits per heavy atom. The number of hydrogen-bond acceptors (Lipinski definition) is 14. The molecule has 5 aliphatic heterocycles. The minimum Gasteiger partial charge on any atom is -0.508 e. The number of thiazole rings is 1. The van der Waals surface area contributed by atoms with E-state index in [1.807, 2.05) is 23.1 Å². The van der Waals surface area contributed by atoms with Crippen LogP contribution < -0.4 is 15.5 Å².